The van der Waals surface area contributed by atoms with Crippen LogP contribution >= 0.6 is 0 Å². The van der Waals surface area contributed by atoms with Crippen LogP contribution in [0.4, 0.5) is 0 Å². The van der Waals surface area contributed by atoms with Gasteiger partial charge in [0.25, 0.3) is 0 Å². The summed E-state index contributed by atoms with van der Waals surface area (Å²) < 4.78 is 48.6. The van der Waals surface area contributed by atoms with Gasteiger partial charge in [0.15, 0.2) is 8.32 Å². The third-order valence-electron chi connectivity index (χ3n) is 11.3. The second-order valence-electron chi connectivity index (χ2n) is 16.7. The number of aliphatic hydroxyl groups is 1. The van der Waals surface area contributed by atoms with Crippen molar-refractivity contribution >= 4 is 18.3 Å². The molecule has 51 heavy (non-hydrogen) atoms. The molecule has 1 saturated heterocycles. The number of aliphatic hydroxyl groups excluding tert-OH is 1. The van der Waals surface area contributed by atoms with Crippen molar-refractivity contribution in [3.8, 4) is 0 Å². The van der Waals surface area contributed by atoms with Crippen molar-refractivity contribution in [1.82, 2.24) is 4.31 Å². The third-order valence-corrected chi connectivity index (χ3v) is 17.7. The van der Waals surface area contributed by atoms with Gasteiger partial charge in [0.05, 0.1) is 42.5 Å². The molecular formula is C42H69NO6SSi. The molecule has 8 atom stereocenters. The fraction of sp³-hybridized carbons (Fsp3) is 0.667. The van der Waals surface area contributed by atoms with Crippen molar-refractivity contribution in [3.63, 3.8) is 0 Å². The van der Waals surface area contributed by atoms with Gasteiger partial charge >= 0.3 is 0 Å². The van der Waals surface area contributed by atoms with Crippen molar-refractivity contribution in [2.75, 3.05) is 13.7 Å². The Morgan fingerprint density at radius 3 is 2.29 bits per heavy atom. The lowest BCUT2D eigenvalue weighted by Gasteiger charge is -2.44. The number of benzene rings is 2. The molecule has 2 aromatic rings. The van der Waals surface area contributed by atoms with Crippen LogP contribution in [0.15, 0.2) is 71.6 Å². The maximum absolute atomic E-state index is 13.6. The van der Waals surface area contributed by atoms with Crippen LogP contribution in [0.2, 0.25) is 18.1 Å². The monoisotopic (exact) mass is 743 g/mol. The zero-order chi connectivity index (χ0) is 38.0. The standard InChI is InChI=1S/C42H69NO6SSi/c1-12-17-36(43(9)50(45,46)38-25-22-31(2)23-26-38)28-37-24-27-40(48-37)34(5)41(49-51(10,11)42(6,7)8)33(4)39(44)21-16-18-32(3)29-47-30-35-19-14-13-15-20-35/h13-16,18-20,22-23,25-26,32-34,36-37,39-41,44H,12,17,21,24,27-30H2,1-11H3/b18-16-/t32-,33-,34-,36-,37+,39+,40-,41-/m1/s1. The predicted octanol–water partition coefficient (Wildman–Crippen LogP) is 9.54. The molecule has 0 radical (unpaired) electrons. The van der Waals surface area contributed by atoms with Gasteiger partial charge in [0.2, 0.25) is 10.0 Å². The summed E-state index contributed by atoms with van der Waals surface area (Å²) in [5.74, 6) is 0.187. The molecule has 0 aliphatic carbocycles. The van der Waals surface area contributed by atoms with Crippen LogP contribution in [0.1, 0.15) is 98.1 Å². The van der Waals surface area contributed by atoms with E-state index in [0.29, 0.717) is 31.0 Å². The number of hydrogen-bond acceptors (Lipinski definition) is 6. The first kappa shape index (κ1) is 43.6. The summed E-state index contributed by atoms with van der Waals surface area (Å²) in [6.07, 6.45) is 8.04. The number of ether oxygens (including phenoxy) is 2. The van der Waals surface area contributed by atoms with Crippen molar-refractivity contribution in [1.29, 1.82) is 0 Å². The largest absolute Gasteiger partial charge is 0.413 e. The fourth-order valence-corrected chi connectivity index (χ4v) is 9.61. The molecule has 2 aromatic carbocycles. The van der Waals surface area contributed by atoms with Gasteiger partial charge in [-0.3, -0.25) is 0 Å². The van der Waals surface area contributed by atoms with Crippen LogP contribution in [-0.4, -0.2) is 70.3 Å². The number of rotatable bonds is 20. The predicted molar refractivity (Wildman–Crippen MR) is 213 cm³/mol. The van der Waals surface area contributed by atoms with Crippen LogP contribution in [0.25, 0.3) is 0 Å². The molecule has 3 rings (SSSR count). The summed E-state index contributed by atoms with van der Waals surface area (Å²) in [7, 11) is -4.10. The lowest BCUT2D eigenvalue weighted by atomic mass is 9.84. The Bertz CT molecular complexity index is 1440. The molecule has 1 aliphatic heterocycles. The van der Waals surface area contributed by atoms with Gasteiger partial charge in [-0.2, -0.15) is 4.31 Å². The normalized spacial score (nSPS) is 21.1. The molecular weight excluding hydrogens is 675 g/mol. The van der Waals surface area contributed by atoms with Gasteiger partial charge in [0, 0.05) is 24.9 Å². The maximum Gasteiger partial charge on any atom is 0.243 e. The summed E-state index contributed by atoms with van der Waals surface area (Å²) in [4.78, 5) is 0.328. The first-order valence-corrected chi connectivity index (χ1v) is 23.6. The Morgan fingerprint density at radius 2 is 1.69 bits per heavy atom. The van der Waals surface area contributed by atoms with Crippen molar-refractivity contribution < 1.29 is 27.4 Å². The number of sulfonamides is 1. The summed E-state index contributed by atoms with van der Waals surface area (Å²) in [6.45, 7) is 23.1. The van der Waals surface area contributed by atoms with E-state index >= 15 is 0 Å². The molecule has 7 nitrogen and oxygen atoms in total. The highest BCUT2D eigenvalue weighted by Gasteiger charge is 2.45. The Kier molecular flexibility index (Phi) is 16.6. The van der Waals surface area contributed by atoms with Gasteiger partial charge in [0.1, 0.15) is 0 Å². The highest BCUT2D eigenvalue weighted by atomic mass is 32.2. The minimum Gasteiger partial charge on any atom is -0.413 e. The Balaban J connectivity index is 1.67. The zero-order valence-corrected chi connectivity index (χ0v) is 35.3. The van der Waals surface area contributed by atoms with Crippen LogP contribution in [-0.2, 0) is 30.5 Å². The van der Waals surface area contributed by atoms with Crippen LogP contribution in [0, 0.1) is 24.7 Å². The molecule has 0 aromatic heterocycles. The quantitative estimate of drug-likeness (QED) is 0.107. The molecule has 1 N–H and O–H groups in total. The summed E-state index contributed by atoms with van der Waals surface area (Å²) in [5, 5.41) is 11.6. The average molecular weight is 744 g/mol. The SMILES string of the molecule is CCC[C@H](C[C@@H]1CC[C@H]([C@@H](C)[C@H](O[Si](C)(C)C(C)(C)C)[C@H](C)[C@@H](O)C/C=C\[C@@H](C)COCc2ccccc2)O1)N(C)S(=O)(=O)c1ccc(C)cc1. The Labute approximate surface area is 312 Å². The van der Waals surface area contributed by atoms with E-state index in [1.165, 1.54) is 0 Å². The average Bonchev–Trinajstić information content (AvgIpc) is 3.54. The minimum atomic E-state index is -3.62. The number of nitrogens with zero attached hydrogens (tertiary/aromatic N) is 1. The third kappa shape index (κ3) is 12.6. The van der Waals surface area contributed by atoms with E-state index in [1.54, 1.807) is 23.5 Å². The van der Waals surface area contributed by atoms with Gasteiger partial charge in [-0.1, -0.05) is 115 Å². The zero-order valence-electron chi connectivity index (χ0n) is 33.5. The lowest BCUT2D eigenvalue weighted by Crippen LogP contribution is -2.51. The molecule has 9 heteroatoms. The van der Waals surface area contributed by atoms with Gasteiger partial charge in [-0.15, -0.1) is 0 Å². The van der Waals surface area contributed by atoms with E-state index in [0.717, 1.165) is 36.8 Å². The maximum atomic E-state index is 13.6. The second kappa shape index (κ2) is 19.5. The Morgan fingerprint density at radius 1 is 1.04 bits per heavy atom. The lowest BCUT2D eigenvalue weighted by molar-refractivity contribution is -0.0621. The molecule has 0 spiro atoms. The number of hydrogen-bond donors (Lipinski definition) is 1. The van der Waals surface area contributed by atoms with Crippen LogP contribution in [0.5, 0.6) is 0 Å². The van der Waals surface area contributed by atoms with Gasteiger partial charge in [-0.05, 0) is 80.8 Å². The van der Waals surface area contributed by atoms with E-state index in [2.05, 4.69) is 85.8 Å². The van der Waals surface area contributed by atoms with E-state index in [1.807, 2.05) is 37.3 Å². The first-order valence-electron chi connectivity index (χ1n) is 19.2. The van der Waals surface area contributed by atoms with Crippen molar-refractivity contribution in [3.05, 3.63) is 77.9 Å². The molecule has 0 amide bonds. The highest BCUT2D eigenvalue weighted by Crippen LogP contribution is 2.42. The molecule has 288 valence electrons. The summed E-state index contributed by atoms with van der Waals surface area (Å²) in [6, 6.07) is 17.1. The van der Waals surface area contributed by atoms with E-state index < -0.39 is 24.4 Å². The molecule has 0 unspecified atom stereocenters. The van der Waals surface area contributed by atoms with Crippen LogP contribution in [0.3, 0.4) is 0 Å². The van der Waals surface area contributed by atoms with E-state index in [4.69, 9.17) is 13.9 Å². The fourth-order valence-electron chi connectivity index (χ4n) is 6.75. The molecule has 0 saturated carbocycles. The van der Waals surface area contributed by atoms with Gasteiger partial charge in [-0.25, -0.2) is 8.42 Å². The van der Waals surface area contributed by atoms with Crippen LogP contribution < -0.4 is 0 Å². The van der Waals surface area contributed by atoms with Gasteiger partial charge < -0.3 is 19.0 Å². The molecule has 0 bridgehead atoms. The summed E-state index contributed by atoms with van der Waals surface area (Å²) >= 11 is 0. The molecule has 1 aliphatic rings. The topological polar surface area (TPSA) is 85.3 Å². The molecule has 1 heterocycles. The first-order chi connectivity index (χ1) is 23.9. The summed E-state index contributed by atoms with van der Waals surface area (Å²) in [5.41, 5.74) is 2.20. The van der Waals surface area contributed by atoms with Crippen molar-refractivity contribution in [2.45, 2.75) is 154 Å². The second-order valence-corrected chi connectivity index (χ2v) is 23.4. The smallest absolute Gasteiger partial charge is 0.243 e. The molecule has 1 fully saturated rings. The Hall–Kier alpha value is -1.85. The van der Waals surface area contributed by atoms with E-state index in [9.17, 15) is 13.5 Å². The number of aryl methyl sites for hydroxylation is 1. The van der Waals surface area contributed by atoms with Crippen molar-refractivity contribution in [2.24, 2.45) is 17.8 Å². The van der Waals surface area contributed by atoms with E-state index in [-0.39, 0.29) is 47.1 Å². The highest BCUT2D eigenvalue weighted by molar-refractivity contribution is 7.89. The minimum absolute atomic E-state index is 0.0185.